The summed E-state index contributed by atoms with van der Waals surface area (Å²) in [4.78, 5) is 23.2. The lowest BCUT2D eigenvalue weighted by Gasteiger charge is -2.17. The van der Waals surface area contributed by atoms with Gasteiger partial charge in [0.1, 0.15) is 0 Å². The Labute approximate surface area is 113 Å². The minimum atomic E-state index is -0.599. The zero-order valence-electron chi connectivity index (χ0n) is 10.4. The van der Waals surface area contributed by atoms with E-state index in [4.69, 9.17) is 22.9 Å². The van der Waals surface area contributed by atoms with Crippen molar-refractivity contribution in [1.29, 1.82) is 0 Å². The van der Waals surface area contributed by atoms with E-state index in [1.54, 1.807) is 12.1 Å². The van der Waals surface area contributed by atoms with Crippen LogP contribution in [0.15, 0.2) is 24.3 Å². The first kappa shape index (κ1) is 12.0. The van der Waals surface area contributed by atoms with Crippen LogP contribution in [-0.4, -0.2) is 11.8 Å². The van der Waals surface area contributed by atoms with Gasteiger partial charge in [0.15, 0.2) is 0 Å². The van der Waals surface area contributed by atoms with Gasteiger partial charge in [0.25, 0.3) is 0 Å². The van der Waals surface area contributed by atoms with Crippen LogP contribution in [0.1, 0.15) is 20.7 Å². The molecule has 20 heavy (non-hydrogen) atoms. The first-order valence-electron chi connectivity index (χ1n) is 5.88. The highest BCUT2D eigenvalue weighted by Crippen LogP contribution is 2.41. The number of nitrogen functional groups attached to an aromatic ring is 2. The Kier molecular flexibility index (Phi) is 2.25. The number of carbonyl (C=O) groups is 2. The van der Waals surface area contributed by atoms with Gasteiger partial charge in [0.2, 0.25) is 11.8 Å². The first-order chi connectivity index (χ1) is 9.43. The summed E-state index contributed by atoms with van der Waals surface area (Å²) < 4.78 is 0. The van der Waals surface area contributed by atoms with Gasteiger partial charge in [-0.3, -0.25) is 9.59 Å². The number of rotatable bonds is 2. The molecule has 0 heterocycles. The number of primary amides is 2. The van der Waals surface area contributed by atoms with E-state index in [1.165, 1.54) is 12.1 Å². The van der Waals surface area contributed by atoms with Crippen LogP contribution in [0, 0.1) is 0 Å². The molecule has 0 atom stereocenters. The summed E-state index contributed by atoms with van der Waals surface area (Å²) in [6, 6.07) is 6.46. The maximum atomic E-state index is 11.6. The fraction of sp³-hybridized carbons (Fsp3) is 0. The fourth-order valence-electron chi connectivity index (χ4n) is 2.65. The van der Waals surface area contributed by atoms with Crippen LogP contribution in [0.25, 0.3) is 21.5 Å². The van der Waals surface area contributed by atoms with Crippen molar-refractivity contribution in [2.24, 2.45) is 11.5 Å². The average Bonchev–Trinajstić information content (AvgIpc) is 2.41. The van der Waals surface area contributed by atoms with Gasteiger partial charge in [-0.25, -0.2) is 0 Å². The Bertz CT molecular complexity index is 813. The third kappa shape index (κ3) is 1.33. The predicted octanol–water partition coefficient (Wildman–Crippen LogP) is 0.793. The maximum Gasteiger partial charge on any atom is 0.249 e. The minimum absolute atomic E-state index is 0.289. The second-order valence-electron chi connectivity index (χ2n) is 4.63. The van der Waals surface area contributed by atoms with Crippen LogP contribution < -0.4 is 22.9 Å². The molecule has 0 unspecified atom stereocenters. The molecule has 6 heteroatoms. The van der Waals surface area contributed by atoms with Crippen LogP contribution in [0.4, 0.5) is 11.4 Å². The van der Waals surface area contributed by atoms with Gasteiger partial charge in [-0.2, -0.15) is 0 Å². The summed E-state index contributed by atoms with van der Waals surface area (Å²) in [5.74, 6) is -1.20. The molecule has 0 aliphatic rings. The van der Waals surface area contributed by atoms with Crippen molar-refractivity contribution < 1.29 is 9.59 Å². The predicted molar refractivity (Wildman–Crippen MR) is 78.5 cm³/mol. The maximum absolute atomic E-state index is 11.6. The molecule has 6 nitrogen and oxygen atoms in total. The van der Waals surface area contributed by atoms with Crippen LogP contribution in [0.3, 0.4) is 0 Å². The number of amides is 2. The number of nitrogens with two attached hydrogens (primary N) is 4. The van der Waals surface area contributed by atoms with Crippen molar-refractivity contribution in [2.75, 3.05) is 11.5 Å². The third-order valence-corrected chi connectivity index (χ3v) is 3.56. The fourth-order valence-corrected chi connectivity index (χ4v) is 2.65. The van der Waals surface area contributed by atoms with Crippen molar-refractivity contribution in [1.82, 2.24) is 0 Å². The molecule has 0 saturated carbocycles. The largest absolute Gasteiger partial charge is 0.397 e. The zero-order valence-corrected chi connectivity index (χ0v) is 10.4. The molecule has 0 aromatic heterocycles. The molecule has 0 spiro atoms. The summed E-state index contributed by atoms with van der Waals surface area (Å²) in [6.07, 6.45) is 0. The second-order valence-corrected chi connectivity index (χ2v) is 4.63. The molecule has 0 fully saturated rings. The number of hydrogen-bond donors (Lipinski definition) is 4. The van der Waals surface area contributed by atoms with Crippen LogP contribution in [0.5, 0.6) is 0 Å². The van der Waals surface area contributed by atoms with Crippen molar-refractivity contribution in [3.05, 3.63) is 35.4 Å². The Hall–Kier alpha value is -3.02. The molecule has 4 aromatic rings. The molecule has 0 radical (unpaired) electrons. The highest BCUT2D eigenvalue weighted by atomic mass is 16.1. The third-order valence-electron chi connectivity index (χ3n) is 3.56. The van der Waals surface area contributed by atoms with E-state index in [0.717, 1.165) is 0 Å². The van der Waals surface area contributed by atoms with Gasteiger partial charge in [0, 0.05) is 32.7 Å². The summed E-state index contributed by atoms with van der Waals surface area (Å²) in [5.41, 5.74) is 24.0. The van der Waals surface area contributed by atoms with E-state index >= 15 is 0 Å². The van der Waals surface area contributed by atoms with Gasteiger partial charge in [-0.15, -0.1) is 0 Å². The molecule has 0 saturated heterocycles. The zero-order chi connectivity index (χ0) is 14.6. The van der Waals surface area contributed by atoms with E-state index in [-0.39, 0.29) is 11.1 Å². The SMILES string of the molecule is NC(=O)c1ccc(C(N)=O)c2c3ccc(c(N)c3N)c12. The molecular formula is C14H12N4O2. The van der Waals surface area contributed by atoms with E-state index in [0.29, 0.717) is 32.9 Å². The van der Waals surface area contributed by atoms with Crippen molar-refractivity contribution in [2.45, 2.75) is 0 Å². The minimum Gasteiger partial charge on any atom is -0.397 e. The van der Waals surface area contributed by atoms with Crippen molar-refractivity contribution >= 4 is 44.7 Å². The number of anilines is 2. The van der Waals surface area contributed by atoms with E-state index < -0.39 is 11.8 Å². The van der Waals surface area contributed by atoms with Gasteiger partial charge in [-0.05, 0) is 12.1 Å². The Balaban J connectivity index is 2.67. The first-order valence-corrected chi connectivity index (χ1v) is 5.88. The van der Waals surface area contributed by atoms with Crippen LogP contribution in [-0.2, 0) is 0 Å². The van der Waals surface area contributed by atoms with Gasteiger partial charge in [-0.1, -0.05) is 12.1 Å². The van der Waals surface area contributed by atoms with Gasteiger partial charge >= 0.3 is 0 Å². The molecule has 0 aliphatic carbocycles. The molecular weight excluding hydrogens is 256 g/mol. The molecule has 4 aromatic carbocycles. The average molecular weight is 268 g/mol. The monoisotopic (exact) mass is 268 g/mol. The number of carbonyl (C=O) groups excluding carboxylic acids is 2. The van der Waals surface area contributed by atoms with E-state index in [2.05, 4.69) is 0 Å². The number of benzene rings is 4. The molecule has 100 valence electrons. The summed E-state index contributed by atoms with van der Waals surface area (Å²) in [5, 5.41) is 2.23. The lowest BCUT2D eigenvalue weighted by Crippen LogP contribution is -2.16. The molecule has 8 N–H and O–H groups in total. The van der Waals surface area contributed by atoms with E-state index in [9.17, 15) is 9.59 Å². The molecule has 2 bridgehead atoms. The lowest BCUT2D eigenvalue weighted by atomic mass is 9.89. The molecule has 0 aliphatic heterocycles. The van der Waals surface area contributed by atoms with Gasteiger partial charge in [0.05, 0.1) is 11.4 Å². The van der Waals surface area contributed by atoms with Crippen LogP contribution >= 0.6 is 0 Å². The Morgan fingerprint density at radius 2 is 1.05 bits per heavy atom. The van der Waals surface area contributed by atoms with Crippen molar-refractivity contribution in [3.63, 3.8) is 0 Å². The van der Waals surface area contributed by atoms with E-state index in [1.807, 2.05) is 0 Å². The smallest absolute Gasteiger partial charge is 0.249 e. The highest BCUT2D eigenvalue weighted by Gasteiger charge is 2.21. The Morgan fingerprint density at radius 3 is 1.35 bits per heavy atom. The standard InChI is InChI=1S/C14H12N4O2/c15-11-5-1-2-6(12(11)16)10-8(14(18)20)4-3-7(9(5)10)13(17)19/h1-4H,15-16H2,(H2,17,19)(H2,18,20). The molecule has 4 rings (SSSR count). The molecule has 2 amide bonds. The van der Waals surface area contributed by atoms with Crippen LogP contribution in [0.2, 0.25) is 0 Å². The summed E-state index contributed by atoms with van der Waals surface area (Å²) in [7, 11) is 0. The lowest BCUT2D eigenvalue weighted by molar-refractivity contribution is 0.0990. The number of fused-ring (bicyclic) bond motifs is 2. The summed E-state index contributed by atoms with van der Waals surface area (Å²) in [6.45, 7) is 0. The normalized spacial score (nSPS) is 11.2. The summed E-state index contributed by atoms with van der Waals surface area (Å²) >= 11 is 0. The van der Waals surface area contributed by atoms with Crippen molar-refractivity contribution in [3.8, 4) is 0 Å². The quantitative estimate of drug-likeness (QED) is 0.510. The highest BCUT2D eigenvalue weighted by molar-refractivity contribution is 6.30. The number of hydrogen-bond acceptors (Lipinski definition) is 4. The second kappa shape index (κ2) is 3.74. The topological polar surface area (TPSA) is 138 Å². The Morgan fingerprint density at radius 1 is 0.700 bits per heavy atom. The van der Waals surface area contributed by atoms with Gasteiger partial charge < -0.3 is 22.9 Å².